The van der Waals surface area contributed by atoms with Gasteiger partial charge in [-0.3, -0.25) is 9.59 Å². The third-order valence-electron chi connectivity index (χ3n) is 2.34. The molecule has 1 aliphatic rings. The highest BCUT2D eigenvalue weighted by atomic mass is 35.5. The van der Waals surface area contributed by atoms with Crippen molar-refractivity contribution in [1.29, 1.82) is 0 Å². The van der Waals surface area contributed by atoms with Gasteiger partial charge in [0.2, 0.25) is 11.8 Å². The smallest absolute Gasteiger partial charge is 0.249 e. The molecule has 0 fully saturated rings. The minimum Gasteiger partial charge on any atom is -0.378 e. The van der Waals surface area contributed by atoms with Gasteiger partial charge in [0.25, 0.3) is 0 Å². The zero-order valence-corrected chi connectivity index (χ0v) is 11.9. The summed E-state index contributed by atoms with van der Waals surface area (Å²) in [5, 5.41) is 2.92. The molecule has 2 rings (SSSR count). The standard InChI is InChI=1S/C11H9Cl2N3O2S/c12-5-1-2-6(13)7(3-5)15-10(18)8-4-9(17)16-11(14)19-8/h1-3,8H,4H2,(H,15,18)(H2,14,16,17)/t8-/m0/s1. The predicted octanol–water partition coefficient (Wildman–Crippen LogP) is 2.28. The number of halogens is 2. The molecule has 19 heavy (non-hydrogen) atoms. The lowest BCUT2D eigenvalue weighted by molar-refractivity contribution is -0.121. The number of amides is 2. The van der Waals surface area contributed by atoms with Crippen molar-refractivity contribution >= 4 is 57.6 Å². The quantitative estimate of drug-likeness (QED) is 0.876. The number of carbonyl (C=O) groups excluding carboxylic acids is 2. The fourth-order valence-corrected chi connectivity index (χ4v) is 2.67. The van der Waals surface area contributed by atoms with Gasteiger partial charge in [0.15, 0.2) is 5.17 Å². The van der Waals surface area contributed by atoms with Crippen molar-refractivity contribution in [2.75, 3.05) is 5.32 Å². The van der Waals surface area contributed by atoms with Gasteiger partial charge in [0, 0.05) is 5.02 Å². The van der Waals surface area contributed by atoms with Crippen LogP contribution in [-0.4, -0.2) is 22.2 Å². The third-order valence-corrected chi connectivity index (χ3v) is 3.90. The van der Waals surface area contributed by atoms with E-state index < -0.39 is 11.2 Å². The summed E-state index contributed by atoms with van der Waals surface area (Å²) in [6.07, 6.45) is 0.00931. The first-order chi connectivity index (χ1) is 8.95. The molecule has 0 saturated carbocycles. The van der Waals surface area contributed by atoms with Crippen LogP contribution in [0.25, 0.3) is 0 Å². The van der Waals surface area contributed by atoms with E-state index in [1.807, 2.05) is 0 Å². The Labute approximate surface area is 123 Å². The van der Waals surface area contributed by atoms with Crippen LogP contribution < -0.4 is 11.1 Å². The summed E-state index contributed by atoms with van der Waals surface area (Å²) in [4.78, 5) is 26.8. The van der Waals surface area contributed by atoms with Crippen molar-refractivity contribution in [3.8, 4) is 0 Å². The Bertz CT molecular complexity index is 577. The van der Waals surface area contributed by atoms with Gasteiger partial charge >= 0.3 is 0 Å². The summed E-state index contributed by atoms with van der Waals surface area (Å²) >= 11 is 12.8. The number of hydrogen-bond donors (Lipinski definition) is 2. The number of amidine groups is 1. The number of carbonyl (C=O) groups is 2. The molecular formula is C11H9Cl2N3O2S. The second-order valence-electron chi connectivity index (χ2n) is 3.77. The average Bonchev–Trinajstić information content (AvgIpc) is 2.32. The first-order valence-corrected chi connectivity index (χ1v) is 6.89. The van der Waals surface area contributed by atoms with E-state index in [9.17, 15) is 9.59 Å². The maximum absolute atomic E-state index is 12.0. The number of nitrogens with one attached hydrogen (secondary N) is 1. The van der Waals surface area contributed by atoms with Crippen LogP contribution in [0.2, 0.25) is 10.0 Å². The van der Waals surface area contributed by atoms with Crippen molar-refractivity contribution < 1.29 is 9.59 Å². The Morgan fingerprint density at radius 1 is 1.47 bits per heavy atom. The second-order valence-corrected chi connectivity index (χ2v) is 5.83. The Kier molecular flexibility index (Phi) is 4.34. The van der Waals surface area contributed by atoms with Gasteiger partial charge in [-0.1, -0.05) is 35.0 Å². The van der Waals surface area contributed by atoms with Crippen LogP contribution in [0.15, 0.2) is 23.2 Å². The van der Waals surface area contributed by atoms with Gasteiger partial charge in [-0.2, -0.15) is 4.99 Å². The highest BCUT2D eigenvalue weighted by Gasteiger charge is 2.28. The molecule has 100 valence electrons. The largest absolute Gasteiger partial charge is 0.378 e. The van der Waals surface area contributed by atoms with Gasteiger partial charge in [-0.05, 0) is 18.2 Å². The highest BCUT2D eigenvalue weighted by molar-refractivity contribution is 8.15. The monoisotopic (exact) mass is 317 g/mol. The van der Waals surface area contributed by atoms with Crippen LogP contribution in [0.4, 0.5) is 5.69 Å². The number of hydrogen-bond acceptors (Lipinski definition) is 4. The molecule has 0 unspecified atom stereocenters. The lowest BCUT2D eigenvalue weighted by Crippen LogP contribution is -2.33. The zero-order valence-electron chi connectivity index (χ0n) is 9.52. The summed E-state index contributed by atoms with van der Waals surface area (Å²) in [7, 11) is 0. The van der Waals surface area contributed by atoms with Crippen molar-refractivity contribution in [2.24, 2.45) is 10.7 Å². The van der Waals surface area contributed by atoms with Crippen LogP contribution >= 0.6 is 35.0 Å². The molecule has 1 aromatic rings. The molecule has 0 saturated heterocycles. The Morgan fingerprint density at radius 2 is 2.21 bits per heavy atom. The molecule has 8 heteroatoms. The number of benzene rings is 1. The van der Waals surface area contributed by atoms with E-state index in [-0.39, 0.29) is 17.5 Å². The predicted molar refractivity (Wildman–Crippen MR) is 77.7 cm³/mol. The minimum atomic E-state index is -0.611. The molecule has 0 radical (unpaired) electrons. The molecule has 1 heterocycles. The number of thioether (sulfide) groups is 1. The number of anilines is 1. The SMILES string of the molecule is NC1=NC(=O)C[C@@H](C(=O)Nc2cc(Cl)ccc2Cl)S1. The molecule has 1 aliphatic heterocycles. The molecule has 0 aromatic heterocycles. The van der Waals surface area contributed by atoms with Gasteiger partial charge < -0.3 is 11.1 Å². The number of nitrogens with zero attached hydrogens (tertiary/aromatic N) is 1. The number of nitrogens with two attached hydrogens (primary N) is 1. The molecular weight excluding hydrogens is 309 g/mol. The lowest BCUT2D eigenvalue weighted by atomic mass is 10.2. The fourth-order valence-electron chi connectivity index (χ4n) is 1.49. The van der Waals surface area contributed by atoms with E-state index in [1.165, 1.54) is 6.07 Å². The molecule has 1 atom stereocenters. The number of rotatable bonds is 2. The molecule has 0 spiro atoms. The van der Waals surface area contributed by atoms with Gasteiger partial charge in [0.05, 0.1) is 17.1 Å². The number of aliphatic imine (C=N–C) groups is 1. The Morgan fingerprint density at radius 3 is 2.89 bits per heavy atom. The average molecular weight is 318 g/mol. The van der Waals surface area contributed by atoms with Crippen LogP contribution in [0.1, 0.15) is 6.42 Å². The molecule has 5 nitrogen and oxygen atoms in total. The highest BCUT2D eigenvalue weighted by Crippen LogP contribution is 2.27. The van der Waals surface area contributed by atoms with Crippen LogP contribution in [-0.2, 0) is 9.59 Å². The van der Waals surface area contributed by atoms with Crippen LogP contribution in [0.5, 0.6) is 0 Å². The van der Waals surface area contributed by atoms with E-state index >= 15 is 0 Å². The van der Waals surface area contributed by atoms with Crippen molar-refractivity contribution in [1.82, 2.24) is 0 Å². The van der Waals surface area contributed by atoms with Crippen molar-refractivity contribution in [3.63, 3.8) is 0 Å². The maximum atomic E-state index is 12.0. The molecule has 1 aromatic carbocycles. The zero-order chi connectivity index (χ0) is 14.0. The van der Waals surface area contributed by atoms with Crippen molar-refractivity contribution in [2.45, 2.75) is 11.7 Å². The van der Waals surface area contributed by atoms with Gasteiger partial charge in [0.1, 0.15) is 5.25 Å². The fraction of sp³-hybridized carbons (Fsp3) is 0.182. The van der Waals surface area contributed by atoms with E-state index in [2.05, 4.69) is 10.3 Å². The normalized spacial score (nSPS) is 18.9. The molecule has 2 amide bonds. The molecule has 3 N–H and O–H groups in total. The van der Waals surface area contributed by atoms with E-state index in [4.69, 9.17) is 28.9 Å². The lowest BCUT2D eigenvalue weighted by Gasteiger charge is -2.18. The topological polar surface area (TPSA) is 84.5 Å². The van der Waals surface area contributed by atoms with Gasteiger partial charge in [-0.15, -0.1) is 0 Å². The van der Waals surface area contributed by atoms with Crippen LogP contribution in [0, 0.1) is 0 Å². The van der Waals surface area contributed by atoms with Crippen molar-refractivity contribution in [3.05, 3.63) is 28.2 Å². The molecule has 0 bridgehead atoms. The summed E-state index contributed by atoms with van der Waals surface area (Å²) < 4.78 is 0. The summed E-state index contributed by atoms with van der Waals surface area (Å²) in [6.45, 7) is 0. The third kappa shape index (κ3) is 3.62. The van der Waals surface area contributed by atoms with Gasteiger partial charge in [-0.25, -0.2) is 0 Å². The summed E-state index contributed by atoms with van der Waals surface area (Å²) in [5.74, 6) is -0.769. The minimum absolute atomic E-state index is 0.00931. The first-order valence-electron chi connectivity index (χ1n) is 5.25. The second kappa shape index (κ2) is 5.81. The Hall–Kier alpha value is -1.24. The van der Waals surface area contributed by atoms with E-state index in [0.29, 0.717) is 15.7 Å². The summed E-state index contributed by atoms with van der Waals surface area (Å²) in [5.41, 5.74) is 5.86. The van der Waals surface area contributed by atoms with Crippen LogP contribution in [0.3, 0.4) is 0 Å². The Balaban J connectivity index is 2.11. The maximum Gasteiger partial charge on any atom is 0.249 e. The van der Waals surface area contributed by atoms with E-state index in [1.54, 1.807) is 12.1 Å². The molecule has 0 aliphatic carbocycles. The first kappa shape index (κ1) is 14.2. The summed E-state index contributed by atoms with van der Waals surface area (Å²) in [6, 6.07) is 4.73. The van der Waals surface area contributed by atoms with E-state index in [0.717, 1.165) is 11.8 Å².